The molecule has 2 aromatic carbocycles. The standard InChI is InChI=1S/C22H31N3O4S.HI/c1-6-28-20-13-10-18(14-21(20)29-7-2)16(3)25-22(23-4)24-15-17-8-11-19(12-9-17)30(5,26)27;/h8-14,16H,6-7,15H2,1-5H3,(H2,23,24,25);1H. The zero-order valence-corrected chi connectivity index (χ0v) is 21.8. The van der Waals surface area contributed by atoms with Crippen LogP contribution in [-0.4, -0.2) is 40.9 Å². The highest BCUT2D eigenvalue weighted by molar-refractivity contribution is 14.0. The molecule has 1 atom stereocenters. The SMILES string of the molecule is CCOc1ccc(C(C)NC(=NC)NCc2ccc(S(C)(=O)=O)cc2)cc1OCC.I. The number of hydrogen-bond acceptors (Lipinski definition) is 5. The van der Waals surface area contributed by atoms with E-state index in [1.807, 2.05) is 39.0 Å². The fourth-order valence-electron chi connectivity index (χ4n) is 2.86. The number of ether oxygens (including phenoxy) is 2. The number of hydrogen-bond donors (Lipinski definition) is 2. The van der Waals surface area contributed by atoms with Crippen LogP contribution in [0.3, 0.4) is 0 Å². The maximum absolute atomic E-state index is 11.6. The zero-order chi connectivity index (χ0) is 22.1. The second kappa shape index (κ2) is 12.7. The van der Waals surface area contributed by atoms with Crippen molar-refractivity contribution in [1.82, 2.24) is 10.6 Å². The van der Waals surface area contributed by atoms with E-state index >= 15 is 0 Å². The minimum atomic E-state index is -3.19. The average Bonchev–Trinajstić information content (AvgIpc) is 2.72. The molecular weight excluding hydrogens is 529 g/mol. The number of halogens is 1. The molecule has 0 radical (unpaired) electrons. The van der Waals surface area contributed by atoms with Crippen molar-refractivity contribution in [3.8, 4) is 11.5 Å². The molecule has 0 saturated heterocycles. The largest absolute Gasteiger partial charge is 0.490 e. The van der Waals surface area contributed by atoms with E-state index in [0.29, 0.717) is 30.6 Å². The molecule has 0 heterocycles. The van der Waals surface area contributed by atoms with Crippen molar-refractivity contribution in [2.75, 3.05) is 26.5 Å². The molecule has 0 saturated carbocycles. The molecule has 0 aliphatic rings. The topological polar surface area (TPSA) is 89.0 Å². The third-order valence-corrected chi connectivity index (χ3v) is 5.58. The van der Waals surface area contributed by atoms with Crippen LogP contribution in [0.2, 0.25) is 0 Å². The number of nitrogens with zero attached hydrogens (tertiary/aromatic N) is 1. The Morgan fingerprint density at radius 1 is 1.03 bits per heavy atom. The highest BCUT2D eigenvalue weighted by Gasteiger charge is 2.13. The maximum Gasteiger partial charge on any atom is 0.191 e. The van der Waals surface area contributed by atoms with E-state index in [0.717, 1.165) is 22.6 Å². The Morgan fingerprint density at radius 2 is 1.65 bits per heavy atom. The highest BCUT2D eigenvalue weighted by atomic mass is 127. The van der Waals surface area contributed by atoms with Crippen LogP contribution in [0.25, 0.3) is 0 Å². The van der Waals surface area contributed by atoms with E-state index in [1.54, 1.807) is 31.3 Å². The molecule has 172 valence electrons. The first-order valence-corrected chi connectivity index (χ1v) is 11.8. The Morgan fingerprint density at radius 3 is 2.19 bits per heavy atom. The van der Waals surface area contributed by atoms with Crippen molar-refractivity contribution in [3.05, 3.63) is 53.6 Å². The molecule has 2 aromatic rings. The minimum Gasteiger partial charge on any atom is -0.490 e. The Hall–Kier alpha value is -2.01. The third kappa shape index (κ3) is 8.21. The molecule has 0 aliphatic carbocycles. The van der Waals surface area contributed by atoms with E-state index in [4.69, 9.17) is 9.47 Å². The van der Waals surface area contributed by atoms with Gasteiger partial charge in [-0.05, 0) is 56.2 Å². The van der Waals surface area contributed by atoms with Crippen LogP contribution in [0, 0.1) is 0 Å². The molecular formula is C22H32IN3O4S. The van der Waals surface area contributed by atoms with Gasteiger partial charge in [0, 0.05) is 19.8 Å². The summed E-state index contributed by atoms with van der Waals surface area (Å²) < 4.78 is 34.5. The lowest BCUT2D eigenvalue weighted by molar-refractivity contribution is 0.287. The molecule has 7 nitrogen and oxygen atoms in total. The van der Waals surface area contributed by atoms with Gasteiger partial charge in [-0.3, -0.25) is 4.99 Å². The first kappa shape index (κ1) is 27.0. The second-order valence-corrected chi connectivity index (χ2v) is 8.80. The lowest BCUT2D eigenvalue weighted by Gasteiger charge is -2.20. The van der Waals surface area contributed by atoms with Crippen molar-refractivity contribution in [2.24, 2.45) is 4.99 Å². The van der Waals surface area contributed by atoms with E-state index in [9.17, 15) is 8.42 Å². The molecule has 0 amide bonds. The number of aliphatic imine (C=N–C) groups is 1. The molecule has 2 N–H and O–H groups in total. The van der Waals surface area contributed by atoms with Gasteiger partial charge in [0.2, 0.25) is 0 Å². The van der Waals surface area contributed by atoms with Gasteiger partial charge >= 0.3 is 0 Å². The Balaban J connectivity index is 0.00000480. The first-order chi connectivity index (χ1) is 14.3. The lowest BCUT2D eigenvalue weighted by atomic mass is 10.1. The summed E-state index contributed by atoms with van der Waals surface area (Å²) in [5, 5.41) is 6.61. The van der Waals surface area contributed by atoms with Gasteiger partial charge in [0.25, 0.3) is 0 Å². The van der Waals surface area contributed by atoms with Crippen LogP contribution in [-0.2, 0) is 16.4 Å². The molecule has 9 heteroatoms. The van der Waals surface area contributed by atoms with Crippen LogP contribution in [0.4, 0.5) is 0 Å². The zero-order valence-electron chi connectivity index (χ0n) is 18.6. The van der Waals surface area contributed by atoms with Crippen molar-refractivity contribution < 1.29 is 17.9 Å². The van der Waals surface area contributed by atoms with Gasteiger partial charge in [0.05, 0.1) is 24.2 Å². The summed E-state index contributed by atoms with van der Waals surface area (Å²) in [7, 11) is -1.49. The molecule has 0 fully saturated rings. The van der Waals surface area contributed by atoms with Crippen LogP contribution in [0.1, 0.15) is 37.9 Å². The Bertz CT molecular complexity index is 963. The fourth-order valence-corrected chi connectivity index (χ4v) is 3.49. The van der Waals surface area contributed by atoms with Gasteiger partial charge in [0.1, 0.15) is 0 Å². The monoisotopic (exact) mass is 561 g/mol. The van der Waals surface area contributed by atoms with Gasteiger partial charge in [-0.15, -0.1) is 24.0 Å². The summed E-state index contributed by atoms with van der Waals surface area (Å²) >= 11 is 0. The number of guanidine groups is 1. The molecule has 1 unspecified atom stereocenters. The quantitative estimate of drug-likeness (QED) is 0.274. The van der Waals surface area contributed by atoms with E-state index in [1.165, 1.54) is 6.26 Å². The van der Waals surface area contributed by atoms with Crippen LogP contribution >= 0.6 is 24.0 Å². The first-order valence-electron chi connectivity index (χ1n) is 9.94. The molecule has 0 aliphatic heterocycles. The predicted octanol–water partition coefficient (Wildman–Crippen LogP) is 3.93. The molecule has 0 spiro atoms. The molecule has 31 heavy (non-hydrogen) atoms. The van der Waals surface area contributed by atoms with Gasteiger partial charge in [-0.1, -0.05) is 18.2 Å². The smallest absolute Gasteiger partial charge is 0.191 e. The number of sulfone groups is 1. The summed E-state index contributed by atoms with van der Waals surface area (Å²) in [6, 6.07) is 12.7. The van der Waals surface area contributed by atoms with Crippen molar-refractivity contribution >= 4 is 39.8 Å². The fraction of sp³-hybridized carbons (Fsp3) is 0.409. The van der Waals surface area contributed by atoms with Gasteiger partial charge in [-0.2, -0.15) is 0 Å². The van der Waals surface area contributed by atoms with Crippen molar-refractivity contribution in [2.45, 2.75) is 38.3 Å². The van der Waals surface area contributed by atoms with Gasteiger partial charge in [0.15, 0.2) is 27.3 Å². The minimum absolute atomic E-state index is 0. The van der Waals surface area contributed by atoms with E-state index in [-0.39, 0.29) is 30.0 Å². The summed E-state index contributed by atoms with van der Waals surface area (Å²) in [4.78, 5) is 4.58. The van der Waals surface area contributed by atoms with Gasteiger partial charge in [-0.25, -0.2) is 8.42 Å². The van der Waals surface area contributed by atoms with Crippen LogP contribution < -0.4 is 20.1 Å². The summed E-state index contributed by atoms with van der Waals surface area (Å²) in [5.41, 5.74) is 2.00. The van der Waals surface area contributed by atoms with Crippen LogP contribution in [0.5, 0.6) is 11.5 Å². The normalized spacial score (nSPS) is 12.5. The predicted molar refractivity (Wildman–Crippen MR) is 135 cm³/mol. The van der Waals surface area contributed by atoms with E-state index in [2.05, 4.69) is 15.6 Å². The number of rotatable bonds is 9. The molecule has 2 rings (SSSR count). The molecule has 0 bridgehead atoms. The second-order valence-electron chi connectivity index (χ2n) is 6.78. The summed E-state index contributed by atoms with van der Waals surface area (Å²) in [6.07, 6.45) is 1.20. The van der Waals surface area contributed by atoms with Crippen molar-refractivity contribution in [3.63, 3.8) is 0 Å². The maximum atomic E-state index is 11.6. The van der Waals surface area contributed by atoms with Crippen LogP contribution in [0.15, 0.2) is 52.4 Å². The van der Waals surface area contributed by atoms with Crippen molar-refractivity contribution in [1.29, 1.82) is 0 Å². The highest BCUT2D eigenvalue weighted by Crippen LogP contribution is 2.30. The van der Waals surface area contributed by atoms with E-state index < -0.39 is 9.84 Å². The Labute approximate surface area is 202 Å². The summed E-state index contributed by atoms with van der Waals surface area (Å²) in [5.74, 6) is 2.09. The number of benzene rings is 2. The number of nitrogens with one attached hydrogen (secondary N) is 2. The Kier molecular flexibility index (Phi) is 11.1. The summed E-state index contributed by atoms with van der Waals surface area (Å²) in [6.45, 7) is 7.58. The van der Waals surface area contributed by atoms with Gasteiger partial charge < -0.3 is 20.1 Å². The third-order valence-electron chi connectivity index (χ3n) is 4.46. The average molecular weight is 561 g/mol. The molecule has 0 aromatic heterocycles. The lowest BCUT2D eigenvalue weighted by Crippen LogP contribution is -2.38.